The van der Waals surface area contributed by atoms with Crippen molar-refractivity contribution in [2.75, 3.05) is 0 Å². The number of nitrogens with zero attached hydrogens (tertiary/aromatic N) is 1. The third-order valence-electron chi connectivity index (χ3n) is 3.96. The third kappa shape index (κ3) is 3.48. The molecule has 3 aromatic rings. The molecule has 0 amide bonds. The second kappa shape index (κ2) is 7.69. The lowest BCUT2D eigenvalue weighted by Gasteiger charge is -2.21. The van der Waals surface area contributed by atoms with Gasteiger partial charge in [-0.3, -0.25) is 10.1 Å². The van der Waals surface area contributed by atoms with Crippen molar-refractivity contribution in [3.63, 3.8) is 0 Å². The zero-order valence-corrected chi connectivity index (χ0v) is 15.3. The van der Waals surface area contributed by atoms with Crippen LogP contribution < -0.4 is 15.9 Å². The van der Waals surface area contributed by atoms with E-state index in [1.165, 1.54) is 6.08 Å². The predicted octanol–water partition coefficient (Wildman–Crippen LogP) is 4.14. The molecule has 3 aromatic carbocycles. The third-order valence-corrected chi connectivity index (χ3v) is 7.35. The number of rotatable bonds is 5. The van der Waals surface area contributed by atoms with E-state index in [2.05, 4.69) is 0 Å². The molecule has 0 saturated heterocycles. The summed E-state index contributed by atoms with van der Waals surface area (Å²) in [6, 6.07) is 25.2. The monoisotopic (exact) mass is 383 g/mol. The van der Waals surface area contributed by atoms with Gasteiger partial charge in [-0.25, -0.2) is 0 Å². The van der Waals surface area contributed by atoms with Crippen molar-refractivity contribution >= 4 is 40.7 Å². The van der Waals surface area contributed by atoms with Crippen molar-refractivity contribution in [3.05, 3.63) is 106 Å². The first-order valence-corrected chi connectivity index (χ1v) is 9.94. The summed E-state index contributed by atoms with van der Waals surface area (Å²) in [7, 11) is -3.23. The zero-order valence-electron chi connectivity index (χ0n) is 13.7. The van der Waals surface area contributed by atoms with Gasteiger partial charge in [0.05, 0.1) is 4.92 Å². The molecule has 0 aliphatic heterocycles. The SMILES string of the molecule is O=[N+]([O-])/C(Cl)=C/c1ccccc1P(=O)(c1ccccc1)c1ccccc1. The van der Waals surface area contributed by atoms with Gasteiger partial charge in [0.2, 0.25) is 0 Å². The van der Waals surface area contributed by atoms with Crippen molar-refractivity contribution in [1.29, 1.82) is 0 Å². The Kier molecular flexibility index (Phi) is 5.36. The first kappa shape index (κ1) is 18.1. The van der Waals surface area contributed by atoms with E-state index >= 15 is 0 Å². The highest BCUT2D eigenvalue weighted by Crippen LogP contribution is 2.43. The summed E-state index contributed by atoms with van der Waals surface area (Å²) in [5.41, 5.74) is 0.463. The maximum Gasteiger partial charge on any atom is 0.337 e. The second-order valence-corrected chi connectivity index (χ2v) is 8.68. The summed E-state index contributed by atoms with van der Waals surface area (Å²) in [6.07, 6.45) is 1.25. The maximum atomic E-state index is 14.3. The van der Waals surface area contributed by atoms with Crippen LogP contribution in [0.4, 0.5) is 0 Å². The second-order valence-electron chi connectivity index (χ2n) is 5.56. The highest BCUT2D eigenvalue weighted by molar-refractivity contribution is 7.85. The number of nitro groups is 1. The fourth-order valence-corrected chi connectivity index (χ4v) is 5.74. The van der Waals surface area contributed by atoms with Crippen LogP contribution >= 0.6 is 18.7 Å². The Morgan fingerprint density at radius 3 is 1.81 bits per heavy atom. The molecule has 0 aromatic heterocycles. The Labute approximate surface area is 156 Å². The molecule has 0 fully saturated rings. The molecule has 6 heteroatoms. The van der Waals surface area contributed by atoms with Crippen LogP contribution in [0.5, 0.6) is 0 Å². The Morgan fingerprint density at radius 2 is 1.31 bits per heavy atom. The average Bonchev–Trinajstić information content (AvgIpc) is 2.69. The standard InChI is InChI=1S/C20H15ClNO3P/c21-20(22(23)24)15-16-9-7-8-14-19(16)26(25,17-10-3-1-4-11-17)18-12-5-2-6-13-18/h1-15H/b20-15+. The van der Waals surface area contributed by atoms with Crippen LogP contribution in [0.1, 0.15) is 5.56 Å². The van der Waals surface area contributed by atoms with E-state index in [0.29, 0.717) is 21.5 Å². The number of halogens is 1. The Hall–Kier alpha value is -2.68. The Balaban J connectivity index is 2.31. The largest absolute Gasteiger partial charge is 0.337 e. The van der Waals surface area contributed by atoms with E-state index in [4.69, 9.17) is 11.6 Å². The summed E-state index contributed by atoms with van der Waals surface area (Å²) in [5.74, 6) is 0. The van der Waals surface area contributed by atoms with Crippen LogP contribution in [0.15, 0.2) is 90.1 Å². The highest BCUT2D eigenvalue weighted by Gasteiger charge is 2.31. The summed E-state index contributed by atoms with van der Waals surface area (Å²) in [4.78, 5) is 10.3. The molecular weight excluding hydrogens is 369 g/mol. The zero-order chi connectivity index (χ0) is 18.6. The predicted molar refractivity (Wildman–Crippen MR) is 107 cm³/mol. The van der Waals surface area contributed by atoms with Crippen molar-refractivity contribution in [2.24, 2.45) is 0 Å². The molecule has 0 aliphatic carbocycles. The molecule has 130 valence electrons. The minimum atomic E-state index is -3.23. The molecule has 0 unspecified atom stereocenters. The molecule has 0 radical (unpaired) electrons. The van der Waals surface area contributed by atoms with Gasteiger partial charge >= 0.3 is 5.16 Å². The minimum Gasteiger partial charge on any atom is -0.309 e. The van der Waals surface area contributed by atoms with E-state index in [0.717, 1.165) is 0 Å². The maximum absolute atomic E-state index is 14.3. The molecule has 0 N–H and O–H groups in total. The molecular formula is C20H15ClNO3P. The average molecular weight is 384 g/mol. The van der Waals surface area contributed by atoms with Gasteiger partial charge in [-0.05, 0) is 17.2 Å². The molecule has 0 aliphatic rings. The molecule has 0 spiro atoms. The van der Waals surface area contributed by atoms with Crippen LogP contribution in [-0.4, -0.2) is 4.92 Å². The lowest BCUT2D eigenvalue weighted by molar-refractivity contribution is -0.410. The fourth-order valence-electron chi connectivity index (χ4n) is 2.78. The van der Waals surface area contributed by atoms with Crippen LogP contribution in [0.2, 0.25) is 0 Å². The van der Waals surface area contributed by atoms with E-state index < -0.39 is 17.2 Å². The molecule has 0 bridgehead atoms. The van der Waals surface area contributed by atoms with Crippen molar-refractivity contribution < 1.29 is 9.49 Å². The van der Waals surface area contributed by atoms with Crippen molar-refractivity contribution in [1.82, 2.24) is 0 Å². The smallest absolute Gasteiger partial charge is 0.309 e. The number of hydrogen-bond acceptors (Lipinski definition) is 3. The Bertz CT molecular complexity index is 960. The van der Waals surface area contributed by atoms with Crippen LogP contribution in [-0.2, 0) is 4.57 Å². The quantitative estimate of drug-likeness (QED) is 0.288. The van der Waals surface area contributed by atoms with E-state index in [1.807, 2.05) is 60.7 Å². The van der Waals surface area contributed by atoms with Crippen molar-refractivity contribution in [2.45, 2.75) is 0 Å². The summed E-state index contributed by atoms with van der Waals surface area (Å²) < 4.78 is 14.3. The number of benzene rings is 3. The number of hydrogen-bond donors (Lipinski definition) is 0. The molecule has 0 heterocycles. The first-order chi connectivity index (χ1) is 12.5. The lowest BCUT2D eigenvalue weighted by atomic mass is 10.2. The lowest BCUT2D eigenvalue weighted by Crippen LogP contribution is -2.26. The van der Waals surface area contributed by atoms with Gasteiger partial charge in [-0.15, -0.1) is 0 Å². The van der Waals surface area contributed by atoms with E-state index in [9.17, 15) is 14.7 Å². The fraction of sp³-hybridized carbons (Fsp3) is 0. The summed E-state index contributed by atoms with van der Waals surface area (Å²) in [6.45, 7) is 0. The minimum absolute atomic E-state index is 0.463. The Morgan fingerprint density at radius 1 is 0.846 bits per heavy atom. The molecule has 26 heavy (non-hydrogen) atoms. The van der Waals surface area contributed by atoms with Gasteiger partial charge in [-0.1, -0.05) is 84.9 Å². The van der Waals surface area contributed by atoms with E-state index in [-0.39, 0.29) is 0 Å². The molecule has 3 rings (SSSR count). The van der Waals surface area contributed by atoms with Crippen LogP contribution in [0.3, 0.4) is 0 Å². The van der Waals surface area contributed by atoms with Gasteiger partial charge in [0.25, 0.3) is 0 Å². The van der Waals surface area contributed by atoms with Gasteiger partial charge in [0.15, 0.2) is 7.14 Å². The van der Waals surface area contributed by atoms with Crippen molar-refractivity contribution in [3.8, 4) is 0 Å². The summed E-state index contributed by atoms with van der Waals surface area (Å²) in [5, 5.41) is 12.2. The van der Waals surface area contributed by atoms with Gasteiger partial charge < -0.3 is 4.57 Å². The van der Waals surface area contributed by atoms with E-state index in [1.54, 1.807) is 24.3 Å². The normalized spacial score (nSPS) is 12.0. The van der Waals surface area contributed by atoms with Gasteiger partial charge in [0, 0.05) is 22.0 Å². The van der Waals surface area contributed by atoms with Crippen LogP contribution in [0, 0.1) is 10.1 Å². The highest BCUT2D eigenvalue weighted by atomic mass is 35.5. The van der Waals surface area contributed by atoms with Gasteiger partial charge in [0.1, 0.15) is 0 Å². The molecule has 0 saturated carbocycles. The first-order valence-electron chi connectivity index (χ1n) is 7.86. The molecule has 4 nitrogen and oxygen atoms in total. The summed E-state index contributed by atoms with van der Waals surface area (Å²) >= 11 is 5.74. The molecule has 0 atom stereocenters. The topological polar surface area (TPSA) is 60.2 Å². The van der Waals surface area contributed by atoms with Gasteiger partial charge in [-0.2, -0.15) is 0 Å². The van der Waals surface area contributed by atoms with Crippen LogP contribution in [0.25, 0.3) is 6.08 Å².